The lowest BCUT2D eigenvalue weighted by Gasteiger charge is -2.34. The third-order valence-electron chi connectivity index (χ3n) is 5.40. The molecule has 2 aliphatic rings. The number of hydrogen-bond acceptors (Lipinski definition) is 2. The lowest BCUT2D eigenvalue weighted by molar-refractivity contribution is 0.0256. The first-order chi connectivity index (χ1) is 11.8. The summed E-state index contributed by atoms with van der Waals surface area (Å²) in [4.78, 5) is 0. The second-order valence-electron chi connectivity index (χ2n) is 6.87. The van der Waals surface area contributed by atoms with Crippen LogP contribution in [0.1, 0.15) is 48.6 Å². The van der Waals surface area contributed by atoms with Gasteiger partial charge in [-0.05, 0) is 48.6 Å². The molecule has 0 spiro atoms. The van der Waals surface area contributed by atoms with Crippen molar-refractivity contribution in [2.75, 3.05) is 14.2 Å². The average Bonchev–Trinajstić information content (AvgIpc) is 2.56. The molecule has 2 saturated carbocycles. The van der Waals surface area contributed by atoms with E-state index in [1.807, 2.05) is 0 Å². The van der Waals surface area contributed by atoms with Crippen LogP contribution in [0.15, 0.2) is 60.7 Å². The van der Waals surface area contributed by atoms with Crippen LogP contribution >= 0.6 is 0 Å². The van der Waals surface area contributed by atoms with Crippen molar-refractivity contribution in [3.8, 4) is 0 Å². The molecule has 0 atom stereocenters. The molecule has 24 heavy (non-hydrogen) atoms. The summed E-state index contributed by atoms with van der Waals surface area (Å²) >= 11 is 0. The van der Waals surface area contributed by atoms with Crippen LogP contribution < -0.4 is 0 Å². The summed E-state index contributed by atoms with van der Waals surface area (Å²) in [6.07, 6.45) is 5.80. The van der Waals surface area contributed by atoms with Gasteiger partial charge in [-0.2, -0.15) is 0 Å². The molecule has 2 heteroatoms. The molecule has 2 aromatic carbocycles. The van der Waals surface area contributed by atoms with Crippen LogP contribution in [0.2, 0.25) is 0 Å². The molecule has 0 bridgehead atoms. The van der Waals surface area contributed by atoms with E-state index in [4.69, 9.17) is 9.47 Å². The zero-order valence-corrected chi connectivity index (χ0v) is 14.7. The van der Waals surface area contributed by atoms with E-state index in [9.17, 15) is 0 Å². The molecule has 2 nitrogen and oxygen atoms in total. The van der Waals surface area contributed by atoms with Crippen LogP contribution in [0, 0.1) is 0 Å². The standard InChI is InChI=1S/2C11H14O/c2*1-12-11-7-10(8-11)9-5-3-2-4-6-9/h2*2-6,10-11H,7-8H2,1H3. The Kier molecular flexibility index (Phi) is 6.06. The van der Waals surface area contributed by atoms with Gasteiger partial charge in [0.1, 0.15) is 0 Å². The van der Waals surface area contributed by atoms with Gasteiger partial charge in [0.2, 0.25) is 0 Å². The van der Waals surface area contributed by atoms with E-state index in [1.165, 1.54) is 36.8 Å². The smallest absolute Gasteiger partial charge is 0.0583 e. The molecule has 128 valence electrons. The van der Waals surface area contributed by atoms with Crippen molar-refractivity contribution < 1.29 is 9.47 Å². The lowest BCUT2D eigenvalue weighted by atomic mass is 9.77. The highest BCUT2D eigenvalue weighted by atomic mass is 16.5. The quantitative estimate of drug-likeness (QED) is 0.773. The van der Waals surface area contributed by atoms with Crippen LogP contribution in [-0.2, 0) is 9.47 Å². The molecule has 0 N–H and O–H groups in total. The van der Waals surface area contributed by atoms with Crippen molar-refractivity contribution >= 4 is 0 Å². The predicted octanol–water partition coefficient (Wildman–Crippen LogP) is 5.16. The Morgan fingerprint density at radius 3 is 1.21 bits per heavy atom. The number of methoxy groups -OCH3 is 2. The van der Waals surface area contributed by atoms with Gasteiger partial charge in [-0.1, -0.05) is 60.7 Å². The largest absolute Gasteiger partial charge is 0.381 e. The maximum Gasteiger partial charge on any atom is 0.0583 e. The number of ether oxygens (including phenoxy) is 2. The third-order valence-corrected chi connectivity index (χ3v) is 5.40. The van der Waals surface area contributed by atoms with Gasteiger partial charge in [0.25, 0.3) is 0 Å². The SMILES string of the molecule is COC1CC(c2ccccc2)C1.COC1CC(c2ccccc2)C1. The highest BCUT2D eigenvalue weighted by molar-refractivity contribution is 5.23. The maximum absolute atomic E-state index is 5.24. The Balaban J connectivity index is 0.000000141. The molecule has 0 radical (unpaired) electrons. The van der Waals surface area contributed by atoms with E-state index < -0.39 is 0 Å². The van der Waals surface area contributed by atoms with Crippen molar-refractivity contribution in [2.24, 2.45) is 0 Å². The van der Waals surface area contributed by atoms with E-state index in [1.54, 1.807) is 14.2 Å². The van der Waals surface area contributed by atoms with Crippen molar-refractivity contribution in [1.29, 1.82) is 0 Å². The highest BCUT2D eigenvalue weighted by Crippen LogP contribution is 2.38. The molecule has 0 aliphatic heterocycles. The summed E-state index contributed by atoms with van der Waals surface area (Å²) < 4.78 is 10.5. The van der Waals surface area contributed by atoms with Crippen molar-refractivity contribution in [1.82, 2.24) is 0 Å². The Hall–Kier alpha value is -1.64. The van der Waals surface area contributed by atoms with Crippen molar-refractivity contribution in [3.63, 3.8) is 0 Å². The fraction of sp³-hybridized carbons (Fsp3) is 0.455. The molecule has 0 unspecified atom stereocenters. The molecule has 4 rings (SSSR count). The van der Waals surface area contributed by atoms with Crippen LogP contribution in [0.5, 0.6) is 0 Å². The molecule has 2 aliphatic carbocycles. The summed E-state index contributed by atoms with van der Waals surface area (Å²) in [7, 11) is 3.60. The predicted molar refractivity (Wildman–Crippen MR) is 98.4 cm³/mol. The van der Waals surface area contributed by atoms with Crippen LogP contribution in [0.25, 0.3) is 0 Å². The number of benzene rings is 2. The summed E-state index contributed by atoms with van der Waals surface area (Å²) in [5.74, 6) is 1.49. The topological polar surface area (TPSA) is 18.5 Å². The van der Waals surface area contributed by atoms with E-state index >= 15 is 0 Å². The monoisotopic (exact) mass is 324 g/mol. The first-order valence-corrected chi connectivity index (χ1v) is 8.95. The summed E-state index contributed by atoms with van der Waals surface area (Å²) in [5, 5.41) is 0. The third kappa shape index (κ3) is 4.25. The van der Waals surface area contributed by atoms with Crippen LogP contribution in [-0.4, -0.2) is 26.4 Å². The summed E-state index contributed by atoms with van der Waals surface area (Å²) in [5.41, 5.74) is 2.93. The Labute approximate surface area is 145 Å². The summed E-state index contributed by atoms with van der Waals surface area (Å²) in [6, 6.07) is 21.4. The second-order valence-corrected chi connectivity index (χ2v) is 6.87. The molecule has 2 aromatic rings. The van der Waals surface area contributed by atoms with E-state index in [-0.39, 0.29) is 0 Å². The van der Waals surface area contributed by atoms with E-state index in [2.05, 4.69) is 60.7 Å². The number of rotatable bonds is 4. The second kappa shape index (κ2) is 8.46. The van der Waals surface area contributed by atoms with Crippen molar-refractivity contribution in [2.45, 2.75) is 49.7 Å². The molecule has 2 fully saturated rings. The molecule has 0 saturated heterocycles. The zero-order chi connectivity index (χ0) is 16.8. The Morgan fingerprint density at radius 2 is 0.917 bits per heavy atom. The Morgan fingerprint density at radius 1 is 0.583 bits per heavy atom. The number of hydrogen-bond donors (Lipinski definition) is 0. The minimum Gasteiger partial charge on any atom is -0.381 e. The molecule has 0 heterocycles. The maximum atomic E-state index is 5.24. The van der Waals surface area contributed by atoms with Gasteiger partial charge in [-0.25, -0.2) is 0 Å². The fourth-order valence-corrected chi connectivity index (χ4v) is 3.51. The molecular weight excluding hydrogens is 296 g/mol. The van der Waals surface area contributed by atoms with Gasteiger partial charge in [-0.3, -0.25) is 0 Å². The zero-order valence-electron chi connectivity index (χ0n) is 14.7. The lowest BCUT2D eigenvalue weighted by Crippen LogP contribution is -2.28. The fourth-order valence-electron chi connectivity index (χ4n) is 3.51. The minimum atomic E-state index is 0.509. The first-order valence-electron chi connectivity index (χ1n) is 8.95. The van der Waals surface area contributed by atoms with E-state index in [0.717, 1.165) is 11.8 Å². The van der Waals surface area contributed by atoms with Gasteiger partial charge < -0.3 is 9.47 Å². The van der Waals surface area contributed by atoms with E-state index in [0.29, 0.717) is 12.2 Å². The van der Waals surface area contributed by atoms with Gasteiger partial charge in [-0.15, -0.1) is 0 Å². The van der Waals surface area contributed by atoms with Gasteiger partial charge in [0.15, 0.2) is 0 Å². The van der Waals surface area contributed by atoms with Crippen molar-refractivity contribution in [3.05, 3.63) is 71.8 Å². The van der Waals surface area contributed by atoms with Gasteiger partial charge in [0, 0.05) is 14.2 Å². The summed E-state index contributed by atoms with van der Waals surface area (Å²) in [6.45, 7) is 0. The van der Waals surface area contributed by atoms with Gasteiger partial charge in [0.05, 0.1) is 12.2 Å². The first kappa shape index (κ1) is 17.2. The average molecular weight is 324 g/mol. The minimum absolute atomic E-state index is 0.509. The normalized spacial score (nSPS) is 28.1. The van der Waals surface area contributed by atoms with Crippen LogP contribution in [0.4, 0.5) is 0 Å². The van der Waals surface area contributed by atoms with Crippen LogP contribution in [0.3, 0.4) is 0 Å². The molecule has 0 aromatic heterocycles. The Bertz CT molecular complexity index is 528. The molecular formula is C22H28O2. The highest BCUT2D eigenvalue weighted by Gasteiger charge is 2.30. The van der Waals surface area contributed by atoms with Gasteiger partial charge >= 0.3 is 0 Å². The molecule has 0 amide bonds.